The molecule has 0 fully saturated rings. The van der Waals surface area contributed by atoms with Gasteiger partial charge < -0.3 is 0 Å². The summed E-state index contributed by atoms with van der Waals surface area (Å²) in [4.78, 5) is 0.525. The van der Waals surface area contributed by atoms with Gasteiger partial charge in [-0.05, 0) is 19.3 Å². The van der Waals surface area contributed by atoms with Crippen LogP contribution in [-0.4, -0.2) is 4.83 Å². The van der Waals surface area contributed by atoms with Crippen molar-refractivity contribution in [2.24, 2.45) is 5.92 Å². The molecular weight excluding hydrogens is 188 g/mol. The highest BCUT2D eigenvalue weighted by Crippen LogP contribution is 2.08. The zero-order chi connectivity index (χ0) is 7.98. The lowest BCUT2D eigenvalue weighted by Crippen LogP contribution is -1.89. The molecule has 0 radical (unpaired) electrons. The Labute approximate surface area is 72.8 Å². The zero-order valence-electron chi connectivity index (χ0n) is 7.10. The van der Waals surface area contributed by atoms with Crippen LogP contribution in [0.1, 0.15) is 33.6 Å². The highest BCUT2D eigenvalue weighted by atomic mass is 79.9. The minimum Gasteiger partial charge on any atom is -0.0872 e. The number of rotatable bonds is 4. The van der Waals surface area contributed by atoms with E-state index in [2.05, 4.69) is 48.9 Å². The Hall–Kier alpha value is 0.220. The fourth-order valence-electron chi connectivity index (χ4n) is 0.665. The van der Waals surface area contributed by atoms with Gasteiger partial charge >= 0.3 is 0 Å². The lowest BCUT2D eigenvalue weighted by Gasteiger charge is -2.02. The smallest absolute Gasteiger partial charge is 0.0297 e. The van der Waals surface area contributed by atoms with E-state index < -0.39 is 0 Å². The van der Waals surface area contributed by atoms with Gasteiger partial charge in [-0.25, -0.2) is 0 Å². The highest BCUT2D eigenvalue weighted by molar-refractivity contribution is 9.09. The van der Waals surface area contributed by atoms with Gasteiger partial charge in [0.1, 0.15) is 0 Å². The molecule has 0 aliphatic rings. The first-order valence-corrected chi connectivity index (χ1v) is 4.89. The minimum atomic E-state index is 0.525. The van der Waals surface area contributed by atoms with Crippen LogP contribution in [0.25, 0.3) is 0 Å². The lowest BCUT2D eigenvalue weighted by molar-refractivity contribution is 0.571. The van der Waals surface area contributed by atoms with E-state index in [4.69, 9.17) is 0 Å². The summed E-state index contributed by atoms with van der Waals surface area (Å²) in [6, 6.07) is 0. The van der Waals surface area contributed by atoms with E-state index in [0.717, 1.165) is 5.92 Å². The van der Waals surface area contributed by atoms with Crippen molar-refractivity contribution >= 4 is 15.9 Å². The number of halogens is 1. The van der Waals surface area contributed by atoms with Crippen LogP contribution in [0.15, 0.2) is 12.2 Å². The van der Waals surface area contributed by atoms with Gasteiger partial charge in [-0.2, -0.15) is 0 Å². The quantitative estimate of drug-likeness (QED) is 0.484. The second kappa shape index (κ2) is 5.96. The van der Waals surface area contributed by atoms with E-state index in [9.17, 15) is 0 Å². The first kappa shape index (κ1) is 10.2. The van der Waals surface area contributed by atoms with Gasteiger partial charge in [-0.1, -0.05) is 48.4 Å². The van der Waals surface area contributed by atoms with E-state index in [-0.39, 0.29) is 0 Å². The standard InChI is InChI=1S/C9H17Br/c1-4-8(2)6-5-7-9(3)10/h5,7-9H,4,6H2,1-3H3. The normalized spacial score (nSPS) is 17.6. The molecule has 0 spiro atoms. The van der Waals surface area contributed by atoms with Gasteiger partial charge in [0.2, 0.25) is 0 Å². The molecule has 2 atom stereocenters. The zero-order valence-corrected chi connectivity index (χ0v) is 8.69. The molecule has 2 unspecified atom stereocenters. The number of hydrogen-bond acceptors (Lipinski definition) is 0. The molecular formula is C9H17Br. The first-order chi connectivity index (χ1) is 4.66. The lowest BCUT2D eigenvalue weighted by atomic mass is 10.1. The van der Waals surface area contributed by atoms with E-state index >= 15 is 0 Å². The third-order valence-corrected chi connectivity index (χ3v) is 1.94. The summed E-state index contributed by atoms with van der Waals surface area (Å²) in [5.74, 6) is 0.836. The van der Waals surface area contributed by atoms with Crippen molar-refractivity contribution in [1.29, 1.82) is 0 Å². The third-order valence-electron chi connectivity index (χ3n) is 1.64. The fourth-order valence-corrected chi connectivity index (χ4v) is 0.881. The molecule has 0 saturated heterocycles. The Morgan fingerprint density at radius 3 is 2.40 bits per heavy atom. The molecule has 0 saturated carbocycles. The van der Waals surface area contributed by atoms with Gasteiger partial charge in [-0.15, -0.1) is 0 Å². The summed E-state index contributed by atoms with van der Waals surface area (Å²) in [5.41, 5.74) is 0. The van der Waals surface area contributed by atoms with Gasteiger partial charge in [0.15, 0.2) is 0 Å². The van der Waals surface area contributed by atoms with Crippen LogP contribution in [0.3, 0.4) is 0 Å². The Kier molecular flexibility index (Phi) is 6.10. The molecule has 0 aromatic carbocycles. The van der Waals surface area contributed by atoms with Gasteiger partial charge in [0, 0.05) is 4.83 Å². The SMILES string of the molecule is CCC(C)CC=CC(C)Br. The molecule has 0 aliphatic heterocycles. The van der Waals surface area contributed by atoms with Crippen LogP contribution in [-0.2, 0) is 0 Å². The van der Waals surface area contributed by atoms with Crippen LogP contribution in [0.2, 0.25) is 0 Å². The molecule has 0 amide bonds. The van der Waals surface area contributed by atoms with E-state index in [0.29, 0.717) is 4.83 Å². The van der Waals surface area contributed by atoms with Crippen LogP contribution < -0.4 is 0 Å². The summed E-state index contributed by atoms with van der Waals surface area (Å²) in [7, 11) is 0. The molecule has 0 N–H and O–H groups in total. The predicted molar refractivity (Wildman–Crippen MR) is 51.6 cm³/mol. The van der Waals surface area contributed by atoms with Crippen molar-refractivity contribution < 1.29 is 0 Å². The van der Waals surface area contributed by atoms with Gasteiger partial charge in [-0.3, -0.25) is 0 Å². The average Bonchev–Trinajstić information content (AvgIpc) is 1.87. The van der Waals surface area contributed by atoms with Crippen molar-refractivity contribution in [1.82, 2.24) is 0 Å². The third kappa shape index (κ3) is 6.34. The van der Waals surface area contributed by atoms with Gasteiger partial charge in [0.25, 0.3) is 0 Å². The fraction of sp³-hybridized carbons (Fsp3) is 0.778. The van der Waals surface area contributed by atoms with E-state index in [1.807, 2.05) is 0 Å². The Balaban J connectivity index is 3.33. The van der Waals surface area contributed by atoms with Crippen LogP contribution >= 0.6 is 15.9 Å². The Morgan fingerprint density at radius 1 is 1.40 bits per heavy atom. The van der Waals surface area contributed by atoms with Crippen molar-refractivity contribution in [3.8, 4) is 0 Å². The number of hydrogen-bond donors (Lipinski definition) is 0. The summed E-state index contributed by atoms with van der Waals surface area (Å²) >= 11 is 3.46. The molecule has 0 aromatic rings. The molecule has 60 valence electrons. The number of allylic oxidation sites excluding steroid dienone is 2. The maximum atomic E-state index is 3.46. The molecule has 0 bridgehead atoms. The second-order valence-corrected chi connectivity index (χ2v) is 4.30. The summed E-state index contributed by atoms with van der Waals surface area (Å²) in [5, 5.41) is 0. The molecule has 0 heterocycles. The predicted octanol–water partition coefficient (Wildman–Crippen LogP) is 3.76. The Morgan fingerprint density at radius 2 is 2.00 bits per heavy atom. The minimum absolute atomic E-state index is 0.525. The van der Waals surface area contributed by atoms with Crippen LogP contribution in [0.5, 0.6) is 0 Å². The first-order valence-electron chi connectivity index (χ1n) is 3.97. The van der Waals surface area contributed by atoms with Crippen molar-refractivity contribution in [3.63, 3.8) is 0 Å². The second-order valence-electron chi connectivity index (χ2n) is 2.85. The molecule has 0 aliphatic carbocycles. The van der Waals surface area contributed by atoms with Crippen molar-refractivity contribution in [3.05, 3.63) is 12.2 Å². The summed E-state index contributed by atoms with van der Waals surface area (Å²) in [6.45, 7) is 6.65. The maximum Gasteiger partial charge on any atom is 0.0297 e. The molecule has 10 heavy (non-hydrogen) atoms. The molecule has 0 aromatic heterocycles. The van der Waals surface area contributed by atoms with Gasteiger partial charge in [0.05, 0.1) is 0 Å². The van der Waals surface area contributed by atoms with Crippen LogP contribution in [0.4, 0.5) is 0 Å². The van der Waals surface area contributed by atoms with E-state index in [1.165, 1.54) is 12.8 Å². The molecule has 1 heteroatoms. The van der Waals surface area contributed by atoms with Crippen LogP contribution in [0, 0.1) is 5.92 Å². The largest absolute Gasteiger partial charge is 0.0872 e. The number of alkyl halides is 1. The molecule has 0 rings (SSSR count). The topological polar surface area (TPSA) is 0 Å². The Bertz CT molecular complexity index is 94.9. The average molecular weight is 205 g/mol. The highest BCUT2D eigenvalue weighted by Gasteiger charge is 1.93. The molecule has 0 nitrogen and oxygen atoms in total. The van der Waals surface area contributed by atoms with E-state index in [1.54, 1.807) is 0 Å². The summed E-state index contributed by atoms with van der Waals surface area (Å²) in [6.07, 6.45) is 6.95. The van der Waals surface area contributed by atoms with Crippen molar-refractivity contribution in [2.75, 3.05) is 0 Å². The summed E-state index contributed by atoms with van der Waals surface area (Å²) < 4.78 is 0. The van der Waals surface area contributed by atoms with Crippen molar-refractivity contribution in [2.45, 2.75) is 38.4 Å². The monoisotopic (exact) mass is 204 g/mol. The maximum absolute atomic E-state index is 3.46.